The molecule has 3 aliphatic rings. The van der Waals surface area contributed by atoms with Crippen LogP contribution in [-0.2, 0) is 16.1 Å². The Morgan fingerprint density at radius 3 is 2.69 bits per heavy atom. The second kappa shape index (κ2) is 10.3. The summed E-state index contributed by atoms with van der Waals surface area (Å²) in [6.07, 6.45) is 2.89. The van der Waals surface area contributed by atoms with Gasteiger partial charge in [0.1, 0.15) is 5.60 Å². The molecule has 4 rings (SSSR count). The van der Waals surface area contributed by atoms with Gasteiger partial charge < -0.3 is 25.2 Å². The summed E-state index contributed by atoms with van der Waals surface area (Å²) in [5, 5.41) is 6.47. The van der Waals surface area contributed by atoms with E-state index in [2.05, 4.69) is 20.5 Å². The lowest BCUT2D eigenvalue weighted by molar-refractivity contribution is -0.122. The highest BCUT2D eigenvalue weighted by Gasteiger charge is 2.36. The fourth-order valence-corrected chi connectivity index (χ4v) is 4.08. The van der Waals surface area contributed by atoms with Crippen molar-refractivity contribution in [1.82, 2.24) is 15.1 Å². The normalized spacial score (nSPS) is 20.5. The van der Waals surface area contributed by atoms with Gasteiger partial charge in [0, 0.05) is 37.8 Å². The fraction of sp³-hybridized carbons (Fsp3) is 0.609. The third-order valence-corrected chi connectivity index (χ3v) is 5.98. The molecular formula is C23H34IN5O3. The molecule has 2 heterocycles. The number of anilines is 1. The molecule has 0 aromatic heterocycles. The number of benzene rings is 1. The lowest BCUT2D eigenvalue weighted by Crippen LogP contribution is -2.57. The minimum absolute atomic E-state index is 0. The van der Waals surface area contributed by atoms with E-state index in [9.17, 15) is 9.59 Å². The molecule has 9 heteroatoms. The Morgan fingerprint density at radius 1 is 1.22 bits per heavy atom. The first-order chi connectivity index (χ1) is 14.8. The zero-order chi connectivity index (χ0) is 22.0. The molecular weight excluding hydrogens is 521 g/mol. The average molecular weight is 555 g/mol. The van der Waals surface area contributed by atoms with E-state index in [0.29, 0.717) is 26.2 Å². The quantitative estimate of drug-likeness (QED) is 0.557. The SMILES string of the molecule is CC(C)(C)OC(=O)N1CCN2C(NCc3cccc(NC(=O)C4CCC4)c3)=NCC2C1.I. The summed E-state index contributed by atoms with van der Waals surface area (Å²) < 4.78 is 5.51. The standard InChI is InChI=1S/C23H33N5O3.HI/c1-23(2,3)31-22(30)27-10-11-28-19(15-27)14-25-21(28)24-13-16-6-4-9-18(12-16)26-20(29)17-7-5-8-17;/h4,6,9,12,17,19H,5,7-8,10-11,13-15H2,1-3H3,(H,24,25)(H,26,29);1H. The van der Waals surface area contributed by atoms with Gasteiger partial charge in [-0.25, -0.2) is 4.79 Å². The first-order valence-corrected chi connectivity index (χ1v) is 11.2. The number of ether oxygens (including phenoxy) is 1. The van der Waals surface area contributed by atoms with Crippen LogP contribution in [0, 0.1) is 5.92 Å². The van der Waals surface area contributed by atoms with Gasteiger partial charge in [0.05, 0.1) is 12.6 Å². The van der Waals surface area contributed by atoms with E-state index in [1.165, 1.54) is 0 Å². The van der Waals surface area contributed by atoms with Gasteiger partial charge in [-0.15, -0.1) is 24.0 Å². The zero-order valence-corrected chi connectivity index (χ0v) is 21.4. The van der Waals surface area contributed by atoms with Gasteiger partial charge in [0.25, 0.3) is 0 Å². The number of piperazine rings is 1. The van der Waals surface area contributed by atoms with E-state index >= 15 is 0 Å². The summed E-state index contributed by atoms with van der Waals surface area (Å²) in [5.74, 6) is 1.17. The van der Waals surface area contributed by atoms with Gasteiger partial charge in [0.15, 0.2) is 5.96 Å². The van der Waals surface area contributed by atoms with Crippen molar-refractivity contribution >= 4 is 47.6 Å². The van der Waals surface area contributed by atoms with E-state index in [1.807, 2.05) is 45.0 Å². The first-order valence-electron chi connectivity index (χ1n) is 11.2. The molecule has 1 saturated carbocycles. The van der Waals surface area contributed by atoms with Crippen molar-refractivity contribution in [2.75, 3.05) is 31.5 Å². The van der Waals surface area contributed by atoms with Crippen molar-refractivity contribution in [2.24, 2.45) is 10.9 Å². The topological polar surface area (TPSA) is 86.3 Å². The molecule has 2 aliphatic heterocycles. The summed E-state index contributed by atoms with van der Waals surface area (Å²) in [7, 11) is 0. The molecule has 32 heavy (non-hydrogen) atoms. The maximum atomic E-state index is 12.4. The van der Waals surface area contributed by atoms with Crippen molar-refractivity contribution in [1.29, 1.82) is 0 Å². The van der Waals surface area contributed by atoms with Crippen LogP contribution in [-0.4, -0.2) is 65.6 Å². The smallest absolute Gasteiger partial charge is 0.410 e. The Bertz CT molecular complexity index is 865. The predicted octanol–water partition coefficient (Wildman–Crippen LogP) is 3.42. The number of hydrogen-bond donors (Lipinski definition) is 2. The van der Waals surface area contributed by atoms with E-state index < -0.39 is 5.60 Å². The second-order valence-electron chi connectivity index (χ2n) is 9.61. The number of fused-ring (bicyclic) bond motifs is 1. The molecule has 2 fully saturated rings. The summed E-state index contributed by atoms with van der Waals surface area (Å²) in [5.41, 5.74) is 1.44. The Kier molecular flexibility index (Phi) is 7.89. The van der Waals surface area contributed by atoms with Crippen LogP contribution in [0.15, 0.2) is 29.3 Å². The van der Waals surface area contributed by atoms with Crippen LogP contribution < -0.4 is 10.6 Å². The van der Waals surface area contributed by atoms with Crippen molar-refractivity contribution in [2.45, 2.75) is 58.2 Å². The second-order valence-corrected chi connectivity index (χ2v) is 9.61. The summed E-state index contributed by atoms with van der Waals surface area (Å²) in [4.78, 5) is 33.2. The molecule has 0 radical (unpaired) electrons. The highest BCUT2D eigenvalue weighted by molar-refractivity contribution is 14.0. The molecule has 2 N–H and O–H groups in total. The number of guanidine groups is 1. The molecule has 1 saturated heterocycles. The minimum atomic E-state index is -0.487. The number of nitrogens with zero attached hydrogens (tertiary/aromatic N) is 3. The minimum Gasteiger partial charge on any atom is -0.444 e. The third-order valence-electron chi connectivity index (χ3n) is 5.98. The monoisotopic (exact) mass is 555 g/mol. The van der Waals surface area contributed by atoms with Crippen LogP contribution in [0.3, 0.4) is 0 Å². The van der Waals surface area contributed by atoms with E-state index in [4.69, 9.17) is 4.74 Å². The van der Waals surface area contributed by atoms with Gasteiger partial charge >= 0.3 is 6.09 Å². The number of aliphatic imine (C=N–C) groups is 1. The van der Waals surface area contributed by atoms with E-state index in [0.717, 1.165) is 43.0 Å². The van der Waals surface area contributed by atoms with E-state index in [1.54, 1.807) is 4.90 Å². The van der Waals surface area contributed by atoms with Crippen molar-refractivity contribution in [3.05, 3.63) is 29.8 Å². The molecule has 0 spiro atoms. The average Bonchev–Trinajstić information content (AvgIpc) is 3.06. The molecule has 176 valence electrons. The molecule has 8 nitrogen and oxygen atoms in total. The summed E-state index contributed by atoms with van der Waals surface area (Å²) in [6, 6.07) is 8.12. The number of hydrogen-bond acceptors (Lipinski definition) is 6. The third kappa shape index (κ3) is 6.05. The van der Waals surface area contributed by atoms with Crippen LogP contribution in [0.1, 0.15) is 45.6 Å². The molecule has 2 amide bonds. The van der Waals surface area contributed by atoms with E-state index in [-0.39, 0.29) is 47.9 Å². The van der Waals surface area contributed by atoms with Gasteiger partial charge in [0.2, 0.25) is 5.91 Å². The lowest BCUT2D eigenvalue weighted by atomic mass is 9.85. The van der Waals surface area contributed by atoms with Gasteiger partial charge in [-0.1, -0.05) is 18.6 Å². The number of halogens is 1. The fourth-order valence-electron chi connectivity index (χ4n) is 4.08. The summed E-state index contributed by atoms with van der Waals surface area (Å²) >= 11 is 0. The van der Waals surface area contributed by atoms with Crippen LogP contribution in [0.25, 0.3) is 0 Å². The Hall–Kier alpha value is -2.04. The number of carbonyl (C=O) groups excluding carboxylic acids is 2. The van der Waals surface area contributed by atoms with Gasteiger partial charge in [-0.05, 0) is 51.3 Å². The van der Waals surface area contributed by atoms with Crippen LogP contribution in [0.5, 0.6) is 0 Å². The molecule has 1 unspecified atom stereocenters. The molecule has 1 aromatic carbocycles. The van der Waals surface area contributed by atoms with Crippen LogP contribution >= 0.6 is 24.0 Å². The molecule has 0 bridgehead atoms. The highest BCUT2D eigenvalue weighted by atomic mass is 127. The Balaban J connectivity index is 0.00000289. The Labute approximate surface area is 207 Å². The largest absolute Gasteiger partial charge is 0.444 e. The molecule has 1 atom stereocenters. The van der Waals surface area contributed by atoms with Crippen LogP contribution in [0.4, 0.5) is 10.5 Å². The molecule has 1 aliphatic carbocycles. The maximum absolute atomic E-state index is 12.4. The van der Waals surface area contributed by atoms with Crippen molar-refractivity contribution in [3.63, 3.8) is 0 Å². The number of nitrogens with one attached hydrogen (secondary N) is 2. The number of amides is 2. The molecule has 1 aromatic rings. The first kappa shape index (κ1) is 24.6. The van der Waals surface area contributed by atoms with Gasteiger partial charge in [-0.2, -0.15) is 0 Å². The zero-order valence-electron chi connectivity index (χ0n) is 19.1. The lowest BCUT2D eigenvalue weighted by Gasteiger charge is -2.39. The number of rotatable bonds is 4. The van der Waals surface area contributed by atoms with Crippen LogP contribution in [0.2, 0.25) is 0 Å². The predicted molar refractivity (Wildman–Crippen MR) is 135 cm³/mol. The Morgan fingerprint density at radius 2 is 2.00 bits per heavy atom. The maximum Gasteiger partial charge on any atom is 0.410 e. The van der Waals surface area contributed by atoms with Crippen molar-refractivity contribution < 1.29 is 14.3 Å². The van der Waals surface area contributed by atoms with Gasteiger partial charge in [-0.3, -0.25) is 9.79 Å². The van der Waals surface area contributed by atoms with Crippen molar-refractivity contribution in [3.8, 4) is 0 Å². The number of carbonyl (C=O) groups is 2. The summed E-state index contributed by atoms with van der Waals surface area (Å²) in [6.45, 7) is 8.92. The highest BCUT2D eigenvalue weighted by Crippen LogP contribution is 2.27.